The fourth-order valence-corrected chi connectivity index (χ4v) is 3.45. The zero-order valence-electron chi connectivity index (χ0n) is 19.2. The number of benzene rings is 1. The summed E-state index contributed by atoms with van der Waals surface area (Å²) < 4.78 is 5.31. The van der Waals surface area contributed by atoms with Gasteiger partial charge in [0.2, 0.25) is 0 Å². The molecule has 164 valence electrons. The minimum Gasteiger partial charge on any atom is -0.444 e. The van der Waals surface area contributed by atoms with Crippen molar-refractivity contribution in [3.63, 3.8) is 0 Å². The van der Waals surface area contributed by atoms with Gasteiger partial charge in [-0.3, -0.25) is 10.1 Å². The summed E-state index contributed by atoms with van der Waals surface area (Å²) in [4.78, 5) is 24.0. The Morgan fingerprint density at radius 1 is 0.897 bits per heavy atom. The van der Waals surface area contributed by atoms with E-state index >= 15 is 0 Å². The molecule has 1 amide bonds. The van der Waals surface area contributed by atoms with E-state index in [1.54, 1.807) is 19.1 Å². The zero-order valence-corrected chi connectivity index (χ0v) is 19.2. The first-order valence-electron chi connectivity index (χ1n) is 11.4. The topological polar surface area (TPSA) is 55.4 Å². The summed E-state index contributed by atoms with van der Waals surface area (Å²) in [5.74, 6) is 0.0656. The van der Waals surface area contributed by atoms with E-state index in [9.17, 15) is 9.59 Å². The van der Waals surface area contributed by atoms with Crippen LogP contribution in [0.25, 0.3) is 0 Å². The lowest BCUT2D eigenvalue weighted by Gasteiger charge is -2.20. The molecule has 1 rings (SSSR count). The van der Waals surface area contributed by atoms with Crippen LogP contribution < -0.4 is 5.32 Å². The second-order valence-corrected chi connectivity index (χ2v) is 8.99. The molecule has 0 aromatic heterocycles. The monoisotopic (exact) mass is 403 g/mol. The van der Waals surface area contributed by atoms with Crippen LogP contribution in [0.4, 0.5) is 10.5 Å². The minimum atomic E-state index is -0.539. The average molecular weight is 404 g/mol. The molecular formula is C25H41NO3. The van der Waals surface area contributed by atoms with Crippen molar-refractivity contribution in [1.82, 2.24) is 0 Å². The predicted molar refractivity (Wildman–Crippen MR) is 122 cm³/mol. The van der Waals surface area contributed by atoms with Crippen LogP contribution in [0.3, 0.4) is 0 Å². The highest BCUT2D eigenvalue weighted by Gasteiger charge is 2.17. The number of hydrogen-bond acceptors (Lipinski definition) is 3. The van der Waals surface area contributed by atoms with Crippen molar-refractivity contribution in [2.75, 3.05) is 5.32 Å². The van der Waals surface area contributed by atoms with E-state index in [1.807, 2.05) is 26.8 Å². The highest BCUT2D eigenvalue weighted by atomic mass is 16.6. The summed E-state index contributed by atoms with van der Waals surface area (Å²) in [6, 6.07) is 5.48. The molecule has 1 aromatic rings. The van der Waals surface area contributed by atoms with Crippen LogP contribution in [-0.2, 0) is 11.2 Å². The number of Topliss-reactive ketones (excluding diaryl/α,β-unsaturated/α-hetero) is 1. The Kier molecular flexibility index (Phi) is 11.6. The standard InChI is InChI=1S/C25H41NO3/c1-6-7-8-9-10-11-12-13-14-15-16-21-19-22(17-18-23(21)20(2)27)26-24(28)29-25(3,4)5/h17-19H,6-16H2,1-5H3,(H,26,28). The number of unbranched alkanes of at least 4 members (excludes halogenated alkanes) is 9. The van der Waals surface area contributed by atoms with Gasteiger partial charge in [0.05, 0.1) is 0 Å². The number of rotatable bonds is 13. The Morgan fingerprint density at radius 3 is 1.97 bits per heavy atom. The third kappa shape index (κ3) is 11.7. The lowest BCUT2D eigenvalue weighted by molar-refractivity contribution is 0.0636. The van der Waals surface area contributed by atoms with E-state index in [1.165, 1.54) is 57.8 Å². The molecule has 0 saturated heterocycles. The van der Waals surface area contributed by atoms with Gasteiger partial charge >= 0.3 is 6.09 Å². The second-order valence-electron chi connectivity index (χ2n) is 8.99. The average Bonchev–Trinajstić information content (AvgIpc) is 2.61. The molecule has 4 heteroatoms. The van der Waals surface area contributed by atoms with Crippen LogP contribution in [0.5, 0.6) is 0 Å². The summed E-state index contributed by atoms with van der Waals surface area (Å²) in [5.41, 5.74) is 1.88. The molecule has 0 bridgehead atoms. The van der Waals surface area contributed by atoms with Gasteiger partial charge in [0.15, 0.2) is 5.78 Å². The van der Waals surface area contributed by atoms with Crippen LogP contribution in [0, 0.1) is 0 Å². The number of nitrogens with one attached hydrogen (secondary N) is 1. The predicted octanol–water partition coefficient (Wildman–Crippen LogP) is 7.70. The smallest absolute Gasteiger partial charge is 0.412 e. The van der Waals surface area contributed by atoms with E-state index in [0.717, 1.165) is 24.0 Å². The first kappa shape index (κ1) is 25.2. The van der Waals surface area contributed by atoms with Gasteiger partial charge in [-0.1, -0.05) is 64.7 Å². The number of hydrogen-bond donors (Lipinski definition) is 1. The van der Waals surface area contributed by atoms with Gasteiger partial charge in [0, 0.05) is 11.3 Å². The van der Waals surface area contributed by atoms with Gasteiger partial charge in [0.25, 0.3) is 0 Å². The molecule has 0 atom stereocenters. The van der Waals surface area contributed by atoms with Gasteiger partial charge in [-0.25, -0.2) is 4.79 Å². The maximum absolute atomic E-state index is 12.0. The van der Waals surface area contributed by atoms with E-state index in [-0.39, 0.29) is 5.78 Å². The Balaban J connectivity index is 2.46. The summed E-state index contributed by atoms with van der Waals surface area (Å²) in [7, 11) is 0. The number of ketones is 1. The highest BCUT2D eigenvalue weighted by molar-refractivity contribution is 5.96. The number of anilines is 1. The fraction of sp³-hybridized carbons (Fsp3) is 0.680. The summed E-state index contributed by atoms with van der Waals surface area (Å²) in [6.07, 6.45) is 13.3. The van der Waals surface area contributed by atoms with Crippen molar-refractivity contribution < 1.29 is 14.3 Å². The highest BCUT2D eigenvalue weighted by Crippen LogP contribution is 2.21. The Bertz CT molecular complexity index is 631. The normalized spacial score (nSPS) is 11.3. The molecule has 0 saturated carbocycles. The molecule has 1 aromatic carbocycles. The van der Waals surface area contributed by atoms with Crippen LogP contribution >= 0.6 is 0 Å². The maximum Gasteiger partial charge on any atom is 0.412 e. The summed E-state index contributed by atoms with van der Waals surface area (Å²) in [5, 5.41) is 2.77. The van der Waals surface area contributed by atoms with Crippen LogP contribution in [0.15, 0.2) is 18.2 Å². The molecule has 0 radical (unpaired) electrons. The Morgan fingerprint density at radius 2 is 1.45 bits per heavy atom. The van der Waals surface area contributed by atoms with Gasteiger partial charge in [-0.2, -0.15) is 0 Å². The summed E-state index contributed by atoms with van der Waals surface area (Å²) >= 11 is 0. The molecule has 0 fully saturated rings. The molecule has 0 spiro atoms. The second kappa shape index (κ2) is 13.4. The lowest BCUT2D eigenvalue weighted by Crippen LogP contribution is -2.27. The Hall–Kier alpha value is -1.84. The van der Waals surface area contributed by atoms with Crippen LogP contribution in [-0.4, -0.2) is 17.5 Å². The van der Waals surface area contributed by atoms with Crippen molar-refractivity contribution >= 4 is 17.6 Å². The fourth-order valence-electron chi connectivity index (χ4n) is 3.45. The zero-order chi connectivity index (χ0) is 21.7. The quantitative estimate of drug-likeness (QED) is 0.271. The van der Waals surface area contributed by atoms with Crippen molar-refractivity contribution in [2.45, 2.75) is 111 Å². The van der Waals surface area contributed by atoms with E-state index in [0.29, 0.717) is 5.69 Å². The van der Waals surface area contributed by atoms with Crippen molar-refractivity contribution in [2.24, 2.45) is 0 Å². The molecule has 0 aliphatic heterocycles. The molecule has 0 aliphatic carbocycles. The first-order valence-corrected chi connectivity index (χ1v) is 11.4. The SMILES string of the molecule is CCCCCCCCCCCCc1cc(NC(=O)OC(C)(C)C)ccc1C(C)=O. The number of amides is 1. The number of aryl methyl sites for hydroxylation is 1. The lowest BCUT2D eigenvalue weighted by atomic mass is 9.97. The molecule has 0 heterocycles. The van der Waals surface area contributed by atoms with Crippen LogP contribution in [0.1, 0.15) is 115 Å². The molecule has 29 heavy (non-hydrogen) atoms. The first-order chi connectivity index (χ1) is 13.7. The number of carbonyl (C=O) groups is 2. The van der Waals surface area contributed by atoms with Crippen molar-refractivity contribution in [1.29, 1.82) is 0 Å². The van der Waals surface area contributed by atoms with E-state index in [2.05, 4.69) is 12.2 Å². The van der Waals surface area contributed by atoms with Gasteiger partial charge in [-0.05, 0) is 64.3 Å². The largest absolute Gasteiger partial charge is 0.444 e. The number of carbonyl (C=O) groups excluding carboxylic acids is 2. The van der Waals surface area contributed by atoms with E-state index < -0.39 is 11.7 Å². The third-order valence-corrected chi connectivity index (χ3v) is 4.93. The third-order valence-electron chi connectivity index (χ3n) is 4.93. The molecule has 0 unspecified atom stereocenters. The molecule has 4 nitrogen and oxygen atoms in total. The van der Waals surface area contributed by atoms with Crippen LogP contribution in [0.2, 0.25) is 0 Å². The Labute approximate surface area is 177 Å². The molecule has 1 N–H and O–H groups in total. The minimum absolute atomic E-state index is 0.0656. The molecular weight excluding hydrogens is 362 g/mol. The van der Waals surface area contributed by atoms with Crippen molar-refractivity contribution in [3.05, 3.63) is 29.3 Å². The summed E-state index contributed by atoms with van der Waals surface area (Å²) in [6.45, 7) is 9.35. The van der Waals surface area contributed by atoms with E-state index in [4.69, 9.17) is 4.74 Å². The van der Waals surface area contributed by atoms with Gasteiger partial charge < -0.3 is 4.74 Å². The number of ether oxygens (including phenoxy) is 1. The molecule has 0 aliphatic rings. The van der Waals surface area contributed by atoms with Crippen molar-refractivity contribution in [3.8, 4) is 0 Å². The maximum atomic E-state index is 12.0. The van der Waals surface area contributed by atoms with Gasteiger partial charge in [-0.15, -0.1) is 0 Å². The van der Waals surface area contributed by atoms with Gasteiger partial charge in [0.1, 0.15) is 5.60 Å².